The van der Waals surface area contributed by atoms with Gasteiger partial charge in [-0.15, -0.1) is 0 Å². The lowest BCUT2D eigenvalue weighted by Crippen LogP contribution is -2.53. The summed E-state index contributed by atoms with van der Waals surface area (Å²) in [5.74, 6) is -1.01. The summed E-state index contributed by atoms with van der Waals surface area (Å²) in [6, 6.07) is 8.88. The smallest absolute Gasteiger partial charge is 0.331 e. The molecule has 20 heavy (non-hydrogen) atoms. The Labute approximate surface area is 117 Å². The number of rotatable bonds is 9. The number of aliphatic carboxylic acids is 1. The number of methoxy groups -OCH3 is 1. The number of carboxylic acid groups (broad SMARTS) is 1. The highest BCUT2D eigenvalue weighted by atomic mass is 16.5. The Morgan fingerprint density at radius 3 is 2.75 bits per heavy atom. The van der Waals surface area contributed by atoms with Crippen molar-refractivity contribution in [3.05, 3.63) is 46.3 Å². The Kier molecular flexibility index (Phi) is 6.52. The molecule has 2 N–H and O–H groups in total. The highest BCUT2D eigenvalue weighted by Crippen LogP contribution is 2.22. The molecule has 1 rings (SSSR count). The number of azide groups is 1. The van der Waals surface area contributed by atoms with Gasteiger partial charge in [0.1, 0.15) is 0 Å². The van der Waals surface area contributed by atoms with Crippen LogP contribution in [0.25, 0.3) is 10.4 Å². The second kappa shape index (κ2) is 8.16. The average Bonchev–Trinajstić information content (AvgIpc) is 2.46. The largest absolute Gasteiger partial charge is 0.480 e. The third kappa shape index (κ3) is 3.96. The molecule has 0 aliphatic carbocycles. The maximum atomic E-state index is 11.7. The summed E-state index contributed by atoms with van der Waals surface area (Å²) in [5, 5.41) is 16.0. The van der Waals surface area contributed by atoms with E-state index in [-0.39, 0.29) is 6.61 Å². The van der Waals surface area contributed by atoms with Gasteiger partial charge in [-0.1, -0.05) is 35.4 Å². The zero-order chi connectivity index (χ0) is 14.8. The summed E-state index contributed by atoms with van der Waals surface area (Å²) in [6.07, 6.45) is 0.551. The van der Waals surface area contributed by atoms with Crippen LogP contribution in [0.15, 0.2) is 35.4 Å². The maximum absolute atomic E-state index is 11.7. The molecule has 0 amide bonds. The van der Waals surface area contributed by atoms with E-state index in [2.05, 4.69) is 15.3 Å². The molecule has 1 aromatic carbocycles. The highest BCUT2D eigenvalue weighted by Gasteiger charge is 2.39. The molecule has 0 bridgehead atoms. The summed E-state index contributed by atoms with van der Waals surface area (Å²) in [5.41, 5.74) is 7.52. The van der Waals surface area contributed by atoms with Crippen LogP contribution in [0.4, 0.5) is 0 Å². The molecule has 0 radical (unpaired) electrons. The topological polar surface area (TPSA) is 107 Å². The number of hydrogen-bond acceptors (Lipinski definition) is 4. The van der Waals surface area contributed by atoms with Gasteiger partial charge in [0, 0.05) is 18.6 Å². The normalized spacial score (nSPS) is 13.2. The first-order valence-corrected chi connectivity index (χ1v) is 6.21. The molecule has 0 spiro atoms. The van der Waals surface area contributed by atoms with Gasteiger partial charge in [0.25, 0.3) is 0 Å². The van der Waals surface area contributed by atoms with E-state index in [0.29, 0.717) is 25.1 Å². The zero-order valence-electron chi connectivity index (χ0n) is 11.3. The first kappa shape index (κ1) is 16.0. The molecular formula is C13H18N4O3. The van der Waals surface area contributed by atoms with Gasteiger partial charge in [0.15, 0.2) is 5.54 Å². The van der Waals surface area contributed by atoms with Gasteiger partial charge in [-0.25, -0.2) is 4.79 Å². The highest BCUT2D eigenvalue weighted by molar-refractivity contribution is 5.81. The van der Waals surface area contributed by atoms with Crippen LogP contribution in [0.5, 0.6) is 0 Å². The number of hydrogen-bond donors (Lipinski definition) is 2. The molecule has 1 aromatic rings. The van der Waals surface area contributed by atoms with Crippen molar-refractivity contribution in [1.82, 2.24) is 5.32 Å². The summed E-state index contributed by atoms with van der Waals surface area (Å²) >= 11 is 0. The lowest BCUT2D eigenvalue weighted by molar-refractivity contribution is -0.148. The third-order valence-corrected chi connectivity index (χ3v) is 2.92. The lowest BCUT2D eigenvalue weighted by Gasteiger charge is -2.30. The Morgan fingerprint density at radius 1 is 1.50 bits per heavy atom. The van der Waals surface area contributed by atoms with Crippen molar-refractivity contribution >= 4 is 5.97 Å². The van der Waals surface area contributed by atoms with Crippen LogP contribution in [0.3, 0.4) is 0 Å². The minimum atomic E-state index is -1.30. The number of nitrogens with zero attached hydrogens (tertiary/aromatic N) is 3. The van der Waals surface area contributed by atoms with Crippen molar-refractivity contribution in [2.24, 2.45) is 5.11 Å². The fourth-order valence-corrected chi connectivity index (χ4v) is 1.93. The van der Waals surface area contributed by atoms with Crippen LogP contribution in [-0.2, 0) is 15.1 Å². The lowest BCUT2D eigenvalue weighted by atomic mass is 9.90. The summed E-state index contributed by atoms with van der Waals surface area (Å²) in [6.45, 7) is 0.735. The summed E-state index contributed by atoms with van der Waals surface area (Å²) in [7, 11) is 1.46. The molecule has 7 heteroatoms. The predicted molar refractivity (Wildman–Crippen MR) is 74.3 cm³/mol. The molecule has 0 saturated heterocycles. The first-order chi connectivity index (χ1) is 9.67. The van der Waals surface area contributed by atoms with Crippen molar-refractivity contribution in [1.29, 1.82) is 0 Å². The second-order valence-corrected chi connectivity index (χ2v) is 4.24. The van der Waals surface area contributed by atoms with Crippen LogP contribution in [-0.4, -0.2) is 37.9 Å². The van der Waals surface area contributed by atoms with Crippen molar-refractivity contribution in [2.45, 2.75) is 12.0 Å². The second-order valence-electron chi connectivity index (χ2n) is 4.24. The Hall–Kier alpha value is -2.08. The molecule has 0 fully saturated rings. The maximum Gasteiger partial charge on any atom is 0.331 e. The van der Waals surface area contributed by atoms with Crippen molar-refractivity contribution in [3.63, 3.8) is 0 Å². The van der Waals surface area contributed by atoms with E-state index in [9.17, 15) is 9.90 Å². The number of benzene rings is 1. The van der Waals surface area contributed by atoms with E-state index in [1.807, 2.05) is 6.07 Å². The SMILES string of the molecule is COCC(NCCCN=[N+]=[N-])(C(=O)O)c1ccccc1. The van der Waals surface area contributed by atoms with Gasteiger partial charge in [0.05, 0.1) is 6.61 Å². The van der Waals surface area contributed by atoms with Crippen molar-refractivity contribution in [3.8, 4) is 0 Å². The van der Waals surface area contributed by atoms with Crippen LogP contribution in [0.1, 0.15) is 12.0 Å². The van der Waals surface area contributed by atoms with Crippen LogP contribution < -0.4 is 5.32 Å². The fraction of sp³-hybridized carbons (Fsp3) is 0.462. The van der Waals surface area contributed by atoms with E-state index < -0.39 is 11.5 Å². The van der Waals surface area contributed by atoms with Crippen LogP contribution >= 0.6 is 0 Å². The van der Waals surface area contributed by atoms with Gasteiger partial charge < -0.3 is 9.84 Å². The van der Waals surface area contributed by atoms with Gasteiger partial charge in [-0.2, -0.15) is 0 Å². The molecule has 108 valence electrons. The molecule has 1 atom stereocenters. The van der Waals surface area contributed by atoms with E-state index in [1.54, 1.807) is 24.3 Å². The van der Waals surface area contributed by atoms with E-state index in [0.717, 1.165) is 0 Å². The van der Waals surface area contributed by atoms with Gasteiger partial charge in [0.2, 0.25) is 0 Å². The standard InChI is InChI=1S/C13H18N4O3/c1-20-10-13(12(18)19,11-6-3-2-4-7-11)15-8-5-9-16-17-14/h2-4,6-7,15H,5,8-10H2,1H3,(H,18,19). The minimum Gasteiger partial charge on any atom is -0.480 e. The molecule has 0 aliphatic heterocycles. The Balaban J connectivity index is 2.88. The quantitative estimate of drug-likeness (QED) is 0.311. The molecule has 0 aliphatic rings. The summed E-state index contributed by atoms with van der Waals surface area (Å²) < 4.78 is 5.08. The third-order valence-electron chi connectivity index (χ3n) is 2.92. The molecule has 0 heterocycles. The number of ether oxygens (including phenoxy) is 1. The van der Waals surface area contributed by atoms with Crippen molar-refractivity contribution < 1.29 is 14.6 Å². The zero-order valence-corrected chi connectivity index (χ0v) is 11.3. The fourth-order valence-electron chi connectivity index (χ4n) is 1.93. The summed E-state index contributed by atoms with van der Waals surface area (Å²) in [4.78, 5) is 14.4. The molecule has 7 nitrogen and oxygen atoms in total. The molecule has 0 saturated carbocycles. The van der Waals surface area contributed by atoms with E-state index in [1.165, 1.54) is 7.11 Å². The van der Waals surface area contributed by atoms with Crippen LogP contribution in [0, 0.1) is 0 Å². The number of carboxylic acids is 1. The first-order valence-electron chi connectivity index (χ1n) is 6.21. The van der Waals surface area contributed by atoms with E-state index >= 15 is 0 Å². The Bertz CT molecular complexity index is 474. The molecule has 0 aromatic heterocycles. The van der Waals surface area contributed by atoms with E-state index in [4.69, 9.17) is 10.3 Å². The average molecular weight is 278 g/mol. The Morgan fingerprint density at radius 2 is 2.20 bits per heavy atom. The molecular weight excluding hydrogens is 260 g/mol. The minimum absolute atomic E-state index is 0.00780. The number of nitrogens with one attached hydrogen (secondary N) is 1. The predicted octanol–water partition coefficient (Wildman–Crippen LogP) is 1.90. The number of carbonyl (C=O) groups is 1. The van der Waals surface area contributed by atoms with Gasteiger partial charge in [-0.05, 0) is 24.1 Å². The van der Waals surface area contributed by atoms with Crippen molar-refractivity contribution in [2.75, 3.05) is 26.8 Å². The molecule has 1 unspecified atom stereocenters. The van der Waals surface area contributed by atoms with Gasteiger partial charge in [-0.3, -0.25) is 5.32 Å². The van der Waals surface area contributed by atoms with Gasteiger partial charge >= 0.3 is 5.97 Å². The van der Waals surface area contributed by atoms with Crippen LogP contribution in [0.2, 0.25) is 0 Å². The monoisotopic (exact) mass is 278 g/mol.